The van der Waals surface area contributed by atoms with E-state index in [1.807, 2.05) is 0 Å². The van der Waals surface area contributed by atoms with Crippen LogP contribution < -0.4 is 5.32 Å². The van der Waals surface area contributed by atoms with Crippen molar-refractivity contribution in [3.8, 4) is 0 Å². The first-order chi connectivity index (χ1) is 17.1. The molecule has 0 unspecified atom stereocenters. The topological polar surface area (TPSA) is 96.7 Å². The van der Waals surface area contributed by atoms with Crippen molar-refractivity contribution >= 4 is 51.7 Å². The molecule has 2 heterocycles. The Morgan fingerprint density at radius 2 is 1.86 bits per heavy atom. The maximum Gasteiger partial charge on any atom is 0.449 e. The van der Waals surface area contributed by atoms with Crippen LogP contribution in [0.5, 0.6) is 0 Å². The lowest BCUT2D eigenvalue weighted by molar-refractivity contribution is -0.148. The lowest BCUT2D eigenvalue weighted by Crippen LogP contribution is -2.42. The number of anilines is 1. The number of aromatic nitrogens is 2. The van der Waals surface area contributed by atoms with Crippen molar-refractivity contribution in [3.63, 3.8) is 0 Å². The Morgan fingerprint density at radius 3 is 2.53 bits per heavy atom. The van der Waals surface area contributed by atoms with E-state index >= 15 is 0 Å². The number of para-hydroxylation sites is 1. The molecule has 3 aromatic rings. The van der Waals surface area contributed by atoms with Crippen LogP contribution in [0.25, 0.3) is 11.0 Å². The van der Waals surface area contributed by atoms with E-state index in [2.05, 4.69) is 10.3 Å². The van der Waals surface area contributed by atoms with Gasteiger partial charge in [0.15, 0.2) is 0 Å². The summed E-state index contributed by atoms with van der Waals surface area (Å²) in [6.45, 7) is 0.398. The molecule has 0 saturated carbocycles. The molecule has 2 aromatic carbocycles. The van der Waals surface area contributed by atoms with E-state index < -0.39 is 30.4 Å². The van der Waals surface area contributed by atoms with Gasteiger partial charge in [-0.25, -0.2) is 4.98 Å². The molecule has 36 heavy (non-hydrogen) atoms. The summed E-state index contributed by atoms with van der Waals surface area (Å²) in [5.74, 6) is -2.52. The standard InChI is InChI=1S/C23H21Cl2F3N4O4/c24-14-5-4-13(6-9-33)19(25)18(14)21(35)29-15-2-1-3-16-20(15)30-22(23(26,27)28)32(16)12-17(34)31-7-10-36-11-8-31/h1-5,33H,6-12H2,(H,29,35). The number of alkyl halides is 3. The molecule has 1 saturated heterocycles. The minimum atomic E-state index is -4.85. The number of benzene rings is 2. The zero-order chi connectivity index (χ0) is 26.0. The zero-order valence-corrected chi connectivity index (χ0v) is 20.3. The summed E-state index contributed by atoms with van der Waals surface area (Å²) >= 11 is 12.5. The number of nitrogens with one attached hydrogen (secondary N) is 1. The third-order valence-electron chi connectivity index (χ3n) is 5.72. The van der Waals surface area contributed by atoms with Gasteiger partial charge in [0.2, 0.25) is 11.7 Å². The van der Waals surface area contributed by atoms with E-state index in [4.69, 9.17) is 27.9 Å². The third kappa shape index (κ3) is 5.29. The largest absolute Gasteiger partial charge is 0.449 e. The lowest BCUT2D eigenvalue weighted by Gasteiger charge is -2.27. The molecule has 1 fully saturated rings. The molecular weight excluding hydrogens is 524 g/mol. The Balaban J connectivity index is 1.72. The highest BCUT2D eigenvalue weighted by Crippen LogP contribution is 2.35. The van der Waals surface area contributed by atoms with Gasteiger partial charge in [0.05, 0.1) is 40.0 Å². The highest BCUT2D eigenvalue weighted by Gasteiger charge is 2.39. The van der Waals surface area contributed by atoms with Crippen molar-refractivity contribution in [2.75, 3.05) is 38.2 Å². The van der Waals surface area contributed by atoms with Gasteiger partial charge in [-0.1, -0.05) is 35.3 Å². The van der Waals surface area contributed by atoms with Crippen molar-refractivity contribution in [3.05, 3.63) is 57.3 Å². The molecule has 8 nitrogen and oxygen atoms in total. The van der Waals surface area contributed by atoms with Gasteiger partial charge in [-0.05, 0) is 30.2 Å². The van der Waals surface area contributed by atoms with E-state index in [-0.39, 0.29) is 58.4 Å². The van der Waals surface area contributed by atoms with E-state index in [0.717, 1.165) is 4.57 Å². The van der Waals surface area contributed by atoms with Crippen LogP contribution in [-0.4, -0.2) is 64.3 Å². The fourth-order valence-corrected chi connectivity index (χ4v) is 4.61. The summed E-state index contributed by atoms with van der Waals surface area (Å²) in [6.07, 6.45) is -4.67. The SMILES string of the molecule is O=C(Nc1cccc2c1nc(C(F)(F)F)n2CC(=O)N1CCOCC1)c1c(Cl)ccc(CCO)c1Cl. The van der Waals surface area contributed by atoms with Crippen LogP contribution in [0.2, 0.25) is 10.0 Å². The minimum Gasteiger partial charge on any atom is -0.396 e. The first-order valence-electron chi connectivity index (χ1n) is 10.9. The normalized spacial score (nSPS) is 14.3. The third-order valence-corrected chi connectivity index (χ3v) is 6.46. The van der Waals surface area contributed by atoms with Crippen molar-refractivity contribution in [2.45, 2.75) is 19.1 Å². The van der Waals surface area contributed by atoms with E-state index in [1.54, 1.807) is 6.07 Å². The van der Waals surface area contributed by atoms with Crippen LogP contribution in [0.3, 0.4) is 0 Å². The second-order valence-corrected chi connectivity index (χ2v) is 8.79. The Kier molecular flexibility index (Phi) is 7.74. The molecule has 1 aliphatic rings. The van der Waals surface area contributed by atoms with Crippen LogP contribution in [0, 0.1) is 0 Å². The molecule has 13 heteroatoms. The summed E-state index contributed by atoms with van der Waals surface area (Å²) < 4.78 is 47.7. The molecule has 0 spiro atoms. The van der Waals surface area contributed by atoms with Gasteiger partial charge in [-0.15, -0.1) is 0 Å². The molecule has 0 bridgehead atoms. The molecule has 192 valence electrons. The number of rotatable bonds is 6. The van der Waals surface area contributed by atoms with Gasteiger partial charge in [0.25, 0.3) is 5.91 Å². The monoisotopic (exact) mass is 544 g/mol. The minimum absolute atomic E-state index is 0.0136. The fourth-order valence-electron chi connectivity index (χ4n) is 3.97. The lowest BCUT2D eigenvalue weighted by atomic mass is 10.1. The highest BCUT2D eigenvalue weighted by atomic mass is 35.5. The second-order valence-electron chi connectivity index (χ2n) is 8.01. The number of aliphatic hydroxyl groups is 1. The van der Waals surface area contributed by atoms with Gasteiger partial charge in [-0.3, -0.25) is 9.59 Å². The number of nitrogens with zero attached hydrogens (tertiary/aromatic N) is 3. The predicted molar refractivity (Wildman–Crippen MR) is 127 cm³/mol. The smallest absolute Gasteiger partial charge is 0.396 e. The number of ether oxygens (including phenoxy) is 1. The number of imidazole rings is 1. The predicted octanol–water partition coefficient (Wildman–Crippen LogP) is 4.01. The van der Waals surface area contributed by atoms with Gasteiger partial charge < -0.3 is 24.6 Å². The quantitative estimate of drug-likeness (QED) is 0.488. The van der Waals surface area contributed by atoms with Crippen molar-refractivity contribution < 1.29 is 32.6 Å². The van der Waals surface area contributed by atoms with Gasteiger partial charge in [0.1, 0.15) is 12.1 Å². The van der Waals surface area contributed by atoms with Crippen LogP contribution in [0.4, 0.5) is 18.9 Å². The van der Waals surface area contributed by atoms with Crippen LogP contribution >= 0.6 is 23.2 Å². The Bertz CT molecular complexity index is 1310. The Labute approximate surface area is 213 Å². The Hall–Kier alpha value is -2.86. The summed E-state index contributed by atoms with van der Waals surface area (Å²) in [5.41, 5.74) is 0.261. The van der Waals surface area contributed by atoms with Crippen molar-refractivity contribution in [1.29, 1.82) is 0 Å². The number of aliphatic hydroxyl groups excluding tert-OH is 1. The number of carbonyl (C=O) groups is 2. The van der Waals surface area contributed by atoms with Gasteiger partial charge >= 0.3 is 6.18 Å². The molecular formula is C23H21Cl2F3N4O4. The number of fused-ring (bicyclic) bond motifs is 1. The summed E-state index contributed by atoms with van der Waals surface area (Å²) in [6, 6.07) is 7.24. The van der Waals surface area contributed by atoms with E-state index in [9.17, 15) is 27.9 Å². The number of carbonyl (C=O) groups excluding carboxylic acids is 2. The molecule has 1 aliphatic heterocycles. The number of hydrogen-bond acceptors (Lipinski definition) is 5. The number of morpholine rings is 1. The van der Waals surface area contributed by atoms with Crippen LogP contribution in [0.15, 0.2) is 30.3 Å². The zero-order valence-electron chi connectivity index (χ0n) is 18.7. The van der Waals surface area contributed by atoms with Crippen molar-refractivity contribution in [2.24, 2.45) is 0 Å². The molecule has 2 N–H and O–H groups in total. The van der Waals surface area contributed by atoms with E-state index in [0.29, 0.717) is 18.8 Å². The average Bonchev–Trinajstić information content (AvgIpc) is 3.21. The second kappa shape index (κ2) is 10.6. The summed E-state index contributed by atoms with van der Waals surface area (Å²) in [7, 11) is 0. The van der Waals surface area contributed by atoms with Gasteiger partial charge in [-0.2, -0.15) is 13.2 Å². The maximum absolute atomic E-state index is 13.9. The Morgan fingerprint density at radius 1 is 1.14 bits per heavy atom. The first kappa shape index (κ1) is 26.2. The summed E-state index contributed by atoms with van der Waals surface area (Å²) in [4.78, 5) is 31.0. The molecule has 0 radical (unpaired) electrons. The molecule has 4 rings (SSSR count). The van der Waals surface area contributed by atoms with E-state index in [1.165, 1.54) is 29.2 Å². The number of hydrogen-bond donors (Lipinski definition) is 2. The first-order valence-corrected chi connectivity index (χ1v) is 11.7. The molecule has 1 aromatic heterocycles. The molecule has 0 aliphatic carbocycles. The highest BCUT2D eigenvalue weighted by molar-refractivity contribution is 6.41. The van der Waals surface area contributed by atoms with Crippen molar-refractivity contribution in [1.82, 2.24) is 14.5 Å². The molecule has 0 atom stereocenters. The van der Waals surface area contributed by atoms with Crippen LogP contribution in [0.1, 0.15) is 21.7 Å². The van der Waals surface area contributed by atoms with Gasteiger partial charge in [0, 0.05) is 19.7 Å². The number of amides is 2. The van der Waals surface area contributed by atoms with Crippen LogP contribution in [-0.2, 0) is 28.7 Å². The number of halogens is 5. The summed E-state index contributed by atoms with van der Waals surface area (Å²) in [5, 5.41) is 11.8. The fraction of sp³-hybridized carbons (Fsp3) is 0.348. The average molecular weight is 545 g/mol. The molecule has 2 amide bonds. The maximum atomic E-state index is 13.9.